The molecule has 112 valence electrons. The van der Waals surface area contributed by atoms with Gasteiger partial charge in [-0.15, -0.1) is 0 Å². The van der Waals surface area contributed by atoms with Crippen LogP contribution in [0, 0.1) is 0 Å². The van der Waals surface area contributed by atoms with E-state index in [0.717, 1.165) is 22.7 Å². The molecule has 4 rings (SSSR count). The largest absolute Gasteiger partial charge is 0.457 e. The molecule has 0 aliphatic rings. The molecule has 4 aromatic rings. The lowest BCUT2D eigenvalue weighted by molar-refractivity contribution is 0.482. The monoisotopic (exact) mass is 303 g/mol. The van der Waals surface area contributed by atoms with E-state index in [2.05, 4.69) is 10.1 Å². The third-order valence-corrected chi connectivity index (χ3v) is 3.34. The molecule has 2 aromatic carbocycles. The van der Waals surface area contributed by atoms with Crippen LogP contribution in [0.3, 0.4) is 0 Å². The SMILES string of the molecule is c1cc(Oc2cccc(-n3cccn3)c2)cc(-c2ncco2)c1. The lowest BCUT2D eigenvalue weighted by Gasteiger charge is -2.08. The normalized spacial score (nSPS) is 10.6. The highest BCUT2D eigenvalue weighted by Crippen LogP contribution is 2.27. The second-order valence-corrected chi connectivity index (χ2v) is 4.92. The Morgan fingerprint density at radius 1 is 0.913 bits per heavy atom. The molecule has 2 heterocycles. The van der Waals surface area contributed by atoms with Gasteiger partial charge in [0.05, 0.1) is 11.9 Å². The molecule has 0 spiro atoms. The van der Waals surface area contributed by atoms with Crippen molar-refractivity contribution in [2.24, 2.45) is 0 Å². The van der Waals surface area contributed by atoms with Gasteiger partial charge in [0.25, 0.3) is 0 Å². The summed E-state index contributed by atoms with van der Waals surface area (Å²) in [6, 6.07) is 17.3. The van der Waals surface area contributed by atoms with Crippen LogP contribution >= 0.6 is 0 Å². The zero-order valence-electron chi connectivity index (χ0n) is 12.2. The first-order valence-electron chi connectivity index (χ1n) is 7.16. The van der Waals surface area contributed by atoms with Gasteiger partial charge in [0, 0.05) is 24.0 Å². The van der Waals surface area contributed by atoms with Gasteiger partial charge in [0.1, 0.15) is 17.8 Å². The van der Waals surface area contributed by atoms with Gasteiger partial charge in [-0.1, -0.05) is 12.1 Å². The molecule has 0 unspecified atom stereocenters. The highest BCUT2D eigenvalue weighted by Gasteiger charge is 2.05. The molecule has 2 aromatic heterocycles. The Labute approximate surface area is 132 Å². The maximum absolute atomic E-state index is 5.95. The molecule has 0 fully saturated rings. The molecule has 0 N–H and O–H groups in total. The number of ether oxygens (including phenoxy) is 1. The lowest BCUT2D eigenvalue weighted by atomic mass is 10.2. The number of rotatable bonds is 4. The molecule has 0 saturated heterocycles. The molecule has 5 heteroatoms. The summed E-state index contributed by atoms with van der Waals surface area (Å²) in [6.45, 7) is 0. The molecular formula is C18H13N3O2. The van der Waals surface area contributed by atoms with E-state index >= 15 is 0 Å². The summed E-state index contributed by atoms with van der Waals surface area (Å²) >= 11 is 0. The summed E-state index contributed by atoms with van der Waals surface area (Å²) in [5.41, 5.74) is 1.81. The van der Waals surface area contributed by atoms with E-state index in [0.29, 0.717) is 5.89 Å². The summed E-state index contributed by atoms with van der Waals surface area (Å²) in [5, 5.41) is 4.22. The fourth-order valence-corrected chi connectivity index (χ4v) is 2.31. The fraction of sp³-hybridized carbons (Fsp3) is 0. The van der Waals surface area contributed by atoms with Gasteiger partial charge in [-0.2, -0.15) is 5.10 Å². The van der Waals surface area contributed by atoms with Crippen molar-refractivity contribution in [3.8, 4) is 28.6 Å². The minimum absolute atomic E-state index is 0.570. The number of hydrogen-bond donors (Lipinski definition) is 0. The van der Waals surface area contributed by atoms with E-state index in [1.54, 1.807) is 23.3 Å². The number of hydrogen-bond acceptors (Lipinski definition) is 4. The molecule has 0 amide bonds. The van der Waals surface area contributed by atoms with Crippen molar-refractivity contribution < 1.29 is 9.15 Å². The summed E-state index contributed by atoms with van der Waals surface area (Å²) in [6.07, 6.45) is 6.81. The van der Waals surface area contributed by atoms with Crippen molar-refractivity contribution in [2.45, 2.75) is 0 Å². The van der Waals surface area contributed by atoms with Gasteiger partial charge < -0.3 is 9.15 Å². The third-order valence-electron chi connectivity index (χ3n) is 3.34. The van der Waals surface area contributed by atoms with Crippen molar-refractivity contribution >= 4 is 0 Å². The van der Waals surface area contributed by atoms with Crippen LogP contribution < -0.4 is 4.74 Å². The molecule has 0 bridgehead atoms. The van der Waals surface area contributed by atoms with Gasteiger partial charge in [0.15, 0.2) is 0 Å². The van der Waals surface area contributed by atoms with Crippen LogP contribution in [0.1, 0.15) is 0 Å². The molecule has 0 radical (unpaired) electrons. The van der Waals surface area contributed by atoms with E-state index in [-0.39, 0.29) is 0 Å². The first-order valence-corrected chi connectivity index (χ1v) is 7.16. The summed E-state index contributed by atoms with van der Waals surface area (Å²) in [4.78, 5) is 4.15. The van der Waals surface area contributed by atoms with Gasteiger partial charge in [-0.3, -0.25) is 0 Å². The Bertz CT molecular complexity index is 824. The molecule has 0 atom stereocenters. The fourth-order valence-electron chi connectivity index (χ4n) is 2.31. The number of nitrogens with zero attached hydrogens (tertiary/aromatic N) is 3. The topological polar surface area (TPSA) is 53.1 Å². The zero-order valence-corrected chi connectivity index (χ0v) is 12.2. The lowest BCUT2D eigenvalue weighted by Crippen LogP contribution is -1.94. The third kappa shape index (κ3) is 2.85. The summed E-state index contributed by atoms with van der Waals surface area (Å²) < 4.78 is 13.0. The highest BCUT2D eigenvalue weighted by molar-refractivity contribution is 5.56. The van der Waals surface area contributed by atoms with Gasteiger partial charge >= 0.3 is 0 Å². The zero-order chi connectivity index (χ0) is 15.5. The van der Waals surface area contributed by atoms with E-state index in [1.165, 1.54) is 0 Å². The van der Waals surface area contributed by atoms with E-state index in [9.17, 15) is 0 Å². The summed E-state index contributed by atoms with van der Waals surface area (Å²) in [5.74, 6) is 2.03. The number of oxazole rings is 1. The Hall–Kier alpha value is -3.34. The maximum atomic E-state index is 5.95. The molecule has 0 aliphatic heterocycles. The van der Waals surface area contributed by atoms with Crippen LogP contribution in [0.4, 0.5) is 0 Å². The first kappa shape index (κ1) is 13.3. The van der Waals surface area contributed by atoms with Crippen LogP contribution in [0.25, 0.3) is 17.1 Å². The van der Waals surface area contributed by atoms with E-state index in [1.807, 2.05) is 60.8 Å². The predicted octanol–water partition coefficient (Wildman–Crippen LogP) is 4.32. The van der Waals surface area contributed by atoms with Crippen LogP contribution in [-0.4, -0.2) is 14.8 Å². The van der Waals surface area contributed by atoms with Crippen LogP contribution in [0.5, 0.6) is 11.5 Å². The van der Waals surface area contributed by atoms with Gasteiger partial charge in [0.2, 0.25) is 5.89 Å². The maximum Gasteiger partial charge on any atom is 0.225 e. The van der Waals surface area contributed by atoms with Crippen LogP contribution in [0.15, 0.2) is 83.9 Å². The Kier molecular flexibility index (Phi) is 3.37. The van der Waals surface area contributed by atoms with Crippen LogP contribution in [0.2, 0.25) is 0 Å². The minimum Gasteiger partial charge on any atom is -0.457 e. The van der Waals surface area contributed by atoms with E-state index in [4.69, 9.17) is 9.15 Å². The molecule has 0 aliphatic carbocycles. The molecule has 0 saturated carbocycles. The quantitative estimate of drug-likeness (QED) is 0.563. The van der Waals surface area contributed by atoms with Crippen molar-refractivity contribution in [3.63, 3.8) is 0 Å². The van der Waals surface area contributed by atoms with Crippen LogP contribution in [-0.2, 0) is 0 Å². The first-order chi connectivity index (χ1) is 11.4. The van der Waals surface area contributed by atoms with Crippen molar-refractivity contribution in [1.29, 1.82) is 0 Å². The van der Waals surface area contributed by atoms with E-state index < -0.39 is 0 Å². The standard InChI is InChI=1S/C18H13N3O2/c1-4-14(18-19-9-11-22-18)12-16(6-1)23-17-7-2-5-15(13-17)21-10-3-8-20-21/h1-13H. The Morgan fingerprint density at radius 3 is 2.57 bits per heavy atom. The highest BCUT2D eigenvalue weighted by atomic mass is 16.5. The van der Waals surface area contributed by atoms with Crippen molar-refractivity contribution in [2.75, 3.05) is 0 Å². The summed E-state index contributed by atoms with van der Waals surface area (Å²) in [7, 11) is 0. The second-order valence-electron chi connectivity index (χ2n) is 4.92. The second kappa shape index (κ2) is 5.81. The Morgan fingerprint density at radius 2 is 1.78 bits per heavy atom. The van der Waals surface area contributed by atoms with Gasteiger partial charge in [-0.25, -0.2) is 9.67 Å². The molecule has 5 nitrogen and oxygen atoms in total. The molecule has 23 heavy (non-hydrogen) atoms. The average Bonchev–Trinajstić information content (AvgIpc) is 3.29. The van der Waals surface area contributed by atoms with Gasteiger partial charge in [-0.05, 0) is 36.4 Å². The van der Waals surface area contributed by atoms with Crippen molar-refractivity contribution in [1.82, 2.24) is 14.8 Å². The predicted molar refractivity (Wildman–Crippen MR) is 85.6 cm³/mol. The number of aromatic nitrogens is 3. The number of benzene rings is 2. The smallest absolute Gasteiger partial charge is 0.225 e. The van der Waals surface area contributed by atoms with Crippen molar-refractivity contribution in [3.05, 3.63) is 79.5 Å². The molecular weight excluding hydrogens is 290 g/mol. The Balaban J connectivity index is 1.61. The minimum atomic E-state index is 0.570. The average molecular weight is 303 g/mol.